The highest BCUT2D eigenvalue weighted by atomic mass is 16.4. The molecule has 0 aliphatic rings. The number of carboxylic acid groups (broad SMARTS) is 1. The number of aromatic amines is 1. The van der Waals surface area contributed by atoms with E-state index in [4.69, 9.17) is 10.1 Å². The molecular weight excluding hydrogens is 412 g/mol. The first-order chi connectivity index (χ1) is 16.1. The number of hydrogen-bond donors (Lipinski definition) is 2. The van der Waals surface area contributed by atoms with Gasteiger partial charge in [-0.2, -0.15) is 0 Å². The van der Waals surface area contributed by atoms with E-state index in [9.17, 15) is 4.79 Å². The van der Waals surface area contributed by atoms with Crippen LogP contribution in [0, 0.1) is 6.92 Å². The molecule has 0 unspecified atom stereocenters. The minimum atomic E-state index is -0.787. The van der Waals surface area contributed by atoms with Crippen LogP contribution in [0.3, 0.4) is 0 Å². The third-order valence-corrected chi connectivity index (χ3v) is 5.64. The topological polar surface area (TPSA) is 91.8 Å². The van der Waals surface area contributed by atoms with Crippen molar-refractivity contribution in [3.63, 3.8) is 0 Å². The molecule has 33 heavy (non-hydrogen) atoms. The fourth-order valence-corrected chi connectivity index (χ4v) is 3.95. The van der Waals surface area contributed by atoms with Crippen LogP contribution in [0.2, 0.25) is 0 Å². The predicted molar refractivity (Wildman–Crippen MR) is 129 cm³/mol. The fourth-order valence-electron chi connectivity index (χ4n) is 3.95. The summed E-state index contributed by atoms with van der Waals surface area (Å²) >= 11 is 0. The van der Waals surface area contributed by atoms with Crippen molar-refractivity contribution < 1.29 is 9.90 Å². The third-order valence-electron chi connectivity index (χ3n) is 5.64. The second-order valence-corrected chi connectivity index (χ2v) is 8.01. The van der Waals surface area contributed by atoms with Crippen molar-refractivity contribution in [2.45, 2.75) is 19.8 Å². The fraction of sp³-hybridized carbons (Fsp3) is 0.111. The summed E-state index contributed by atoms with van der Waals surface area (Å²) in [6.07, 6.45) is 6.24. The van der Waals surface area contributed by atoms with Gasteiger partial charge in [-0.1, -0.05) is 30.3 Å². The molecular formula is C27H22N4O2. The number of H-pyrrole nitrogens is 1. The van der Waals surface area contributed by atoms with E-state index in [0.717, 1.165) is 55.9 Å². The van der Waals surface area contributed by atoms with Gasteiger partial charge < -0.3 is 10.1 Å². The second kappa shape index (κ2) is 8.67. The number of carbonyl (C=O) groups is 1. The zero-order chi connectivity index (χ0) is 22.8. The van der Waals surface area contributed by atoms with Crippen LogP contribution in [0.25, 0.3) is 44.7 Å². The van der Waals surface area contributed by atoms with Crippen LogP contribution in [0.15, 0.2) is 79.3 Å². The Morgan fingerprint density at radius 1 is 0.909 bits per heavy atom. The van der Waals surface area contributed by atoms with Crippen molar-refractivity contribution in [1.82, 2.24) is 19.9 Å². The van der Waals surface area contributed by atoms with Crippen molar-refractivity contribution >= 4 is 17.0 Å². The van der Waals surface area contributed by atoms with Gasteiger partial charge >= 0.3 is 5.97 Å². The van der Waals surface area contributed by atoms with Crippen LogP contribution < -0.4 is 0 Å². The summed E-state index contributed by atoms with van der Waals surface area (Å²) in [4.78, 5) is 28.0. The molecule has 162 valence electrons. The van der Waals surface area contributed by atoms with Gasteiger partial charge in [0.05, 0.1) is 11.4 Å². The number of aromatic nitrogens is 4. The predicted octanol–water partition coefficient (Wildman–Crippen LogP) is 5.68. The van der Waals surface area contributed by atoms with Crippen molar-refractivity contribution in [3.05, 3.63) is 90.5 Å². The molecule has 0 saturated heterocycles. The Bertz CT molecular complexity index is 1460. The molecule has 6 heteroatoms. The molecule has 0 atom stereocenters. The highest BCUT2D eigenvalue weighted by molar-refractivity contribution is 5.95. The number of nitrogens with one attached hydrogen (secondary N) is 1. The Kier molecular flexibility index (Phi) is 5.40. The number of hydrogen-bond acceptors (Lipinski definition) is 4. The molecule has 0 aliphatic carbocycles. The van der Waals surface area contributed by atoms with Crippen LogP contribution in [0.5, 0.6) is 0 Å². The molecule has 5 rings (SSSR count). The van der Waals surface area contributed by atoms with Gasteiger partial charge in [0.25, 0.3) is 0 Å². The summed E-state index contributed by atoms with van der Waals surface area (Å²) in [6.45, 7) is 1.97. The van der Waals surface area contributed by atoms with E-state index in [2.05, 4.69) is 27.1 Å². The van der Waals surface area contributed by atoms with Gasteiger partial charge in [-0.3, -0.25) is 14.8 Å². The minimum absolute atomic E-state index is 0.128. The highest BCUT2D eigenvalue weighted by Crippen LogP contribution is 2.33. The van der Waals surface area contributed by atoms with E-state index < -0.39 is 5.97 Å². The van der Waals surface area contributed by atoms with E-state index in [1.54, 1.807) is 0 Å². The van der Waals surface area contributed by atoms with Crippen molar-refractivity contribution in [3.8, 4) is 33.6 Å². The second-order valence-electron chi connectivity index (χ2n) is 8.01. The Balaban J connectivity index is 1.54. The lowest BCUT2D eigenvalue weighted by atomic mass is 9.98. The molecule has 0 amide bonds. The molecule has 0 aliphatic heterocycles. The highest BCUT2D eigenvalue weighted by Gasteiger charge is 2.13. The van der Waals surface area contributed by atoms with Crippen LogP contribution in [0.4, 0.5) is 0 Å². The summed E-state index contributed by atoms with van der Waals surface area (Å²) in [5, 5.41) is 9.92. The maximum Gasteiger partial charge on any atom is 0.303 e. The molecule has 5 aromatic rings. The molecule has 4 heterocycles. The number of rotatable bonds is 6. The van der Waals surface area contributed by atoms with Crippen LogP contribution in [-0.4, -0.2) is 31.0 Å². The summed E-state index contributed by atoms with van der Waals surface area (Å²) in [6, 6.07) is 20.1. The van der Waals surface area contributed by atoms with Crippen LogP contribution >= 0.6 is 0 Å². The molecule has 0 radical (unpaired) electrons. The first-order valence-electron chi connectivity index (χ1n) is 10.8. The number of fused-ring (bicyclic) bond motifs is 1. The number of pyridine rings is 3. The van der Waals surface area contributed by atoms with E-state index in [1.165, 1.54) is 0 Å². The first kappa shape index (κ1) is 20.6. The standard InChI is InChI=1S/C27H22N4O2/c1-17-3-2-4-24(30-17)25-14-23(22-11-12-29-27(22)31-25)21-13-20(15-28-16-21)19-8-5-18(6-9-19)7-10-26(32)33/h2-6,8-9,11-16H,7,10H2,1H3,(H,29,31)(H,32,33). The summed E-state index contributed by atoms with van der Waals surface area (Å²) < 4.78 is 0. The van der Waals surface area contributed by atoms with Crippen molar-refractivity contribution in [2.24, 2.45) is 0 Å². The number of carboxylic acids is 1. The summed E-state index contributed by atoms with van der Waals surface area (Å²) in [5.74, 6) is -0.787. The lowest BCUT2D eigenvalue weighted by Gasteiger charge is -2.10. The maximum atomic E-state index is 10.8. The molecule has 0 fully saturated rings. The number of nitrogens with zero attached hydrogens (tertiary/aromatic N) is 3. The normalized spacial score (nSPS) is 11.1. The minimum Gasteiger partial charge on any atom is -0.481 e. The Hall–Kier alpha value is -4.32. The molecule has 4 aromatic heterocycles. The summed E-state index contributed by atoms with van der Waals surface area (Å²) in [7, 11) is 0. The number of aryl methyl sites for hydroxylation is 2. The molecule has 1 aromatic carbocycles. The molecule has 0 bridgehead atoms. The maximum absolute atomic E-state index is 10.8. The van der Waals surface area contributed by atoms with Gasteiger partial charge in [-0.25, -0.2) is 4.98 Å². The smallest absolute Gasteiger partial charge is 0.303 e. The Morgan fingerprint density at radius 3 is 2.52 bits per heavy atom. The van der Waals surface area contributed by atoms with Crippen LogP contribution in [-0.2, 0) is 11.2 Å². The summed E-state index contributed by atoms with van der Waals surface area (Å²) in [5.41, 5.74) is 8.43. The van der Waals surface area contributed by atoms with Crippen molar-refractivity contribution in [2.75, 3.05) is 0 Å². The quantitative estimate of drug-likeness (QED) is 0.359. The van der Waals surface area contributed by atoms with Crippen LogP contribution in [0.1, 0.15) is 17.7 Å². The van der Waals surface area contributed by atoms with Crippen molar-refractivity contribution in [1.29, 1.82) is 0 Å². The van der Waals surface area contributed by atoms with Gasteiger partial charge in [0.1, 0.15) is 5.65 Å². The van der Waals surface area contributed by atoms with E-state index in [-0.39, 0.29) is 6.42 Å². The van der Waals surface area contributed by atoms with Gasteiger partial charge in [-0.15, -0.1) is 0 Å². The molecule has 0 saturated carbocycles. The lowest BCUT2D eigenvalue weighted by Crippen LogP contribution is -1.97. The zero-order valence-corrected chi connectivity index (χ0v) is 18.1. The van der Waals surface area contributed by atoms with Gasteiger partial charge in [0.2, 0.25) is 0 Å². The average molecular weight is 434 g/mol. The lowest BCUT2D eigenvalue weighted by molar-refractivity contribution is -0.136. The van der Waals surface area contributed by atoms with E-state index in [0.29, 0.717) is 6.42 Å². The van der Waals surface area contributed by atoms with E-state index >= 15 is 0 Å². The van der Waals surface area contributed by atoms with Gasteiger partial charge in [0.15, 0.2) is 0 Å². The first-order valence-corrected chi connectivity index (χ1v) is 10.8. The third kappa shape index (κ3) is 4.36. The molecule has 6 nitrogen and oxygen atoms in total. The van der Waals surface area contributed by atoms with Gasteiger partial charge in [-0.05, 0) is 60.4 Å². The largest absolute Gasteiger partial charge is 0.481 e. The zero-order valence-electron chi connectivity index (χ0n) is 18.1. The Morgan fingerprint density at radius 2 is 1.73 bits per heavy atom. The van der Waals surface area contributed by atoms with Gasteiger partial charge in [0, 0.05) is 47.2 Å². The number of benzene rings is 1. The monoisotopic (exact) mass is 434 g/mol. The number of aliphatic carboxylic acids is 1. The van der Waals surface area contributed by atoms with E-state index in [1.807, 2.05) is 74.0 Å². The molecule has 0 spiro atoms. The SMILES string of the molecule is Cc1cccc(-c2cc(-c3cncc(-c4ccc(CCC(=O)O)cc4)c3)c3cc[nH]c3n2)n1. The molecule has 2 N–H and O–H groups in total. The average Bonchev–Trinajstić information content (AvgIpc) is 3.31. The Labute approximate surface area is 191 Å².